The SMILES string of the molecule is N#Cc1ccccc1NC1CC(c2cccc(F)c2)C1. The Kier molecular flexibility index (Phi) is 3.39. The number of nitriles is 1. The third-order valence-electron chi connectivity index (χ3n) is 3.87. The summed E-state index contributed by atoms with van der Waals surface area (Å²) in [4.78, 5) is 0. The standard InChI is InChI=1S/C17H15FN2/c18-15-6-3-5-12(8-15)14-9-16(10-14)20-17-7-2-1-4-13(17)11-19/h1-8,14,16,20H,9-10H2. The zero-order valence-corrected chi connectivity index (χ0v) is 11.0. The second kappa shape index (κ2) is 5.34. The molecule has 1 saturated carbocycles. The third kappa shape index (κ3) is 2.50. The zero-order valence-electron chi connectivity index (χ0n) is 11.0. The Morgan fingerprint density at radius 1 is 1.10 bits per heavy atom. The van der Waals surface area contributed by atoms with E-state index in [0.717, 1.165) is 24.1 Å². The molecule has 3 heteroatoms. The van der Waals surface area contributed by atoms with Crippen molar-refractivity contribution in [3.05, 3.63) is 65.5 Å². The molecule has 2 aromatic rings. The number of anilines is 1. The number of nitrogens with zero attached hydrogens (tertiary/aromatic N) is 1. The molecule has 2 aromatic carbocycles. The summed E-state index contributed by atoms with van der Waals surface area (Å²) in [5.41, 5.74) is 2.62. The minimum Gasteiger partial charge on any atom is -0.381 e. The van der Waals surface area contributed by atoms with Crippen LogP contribution in [0.15, 0.2) is 48.5 Å². The fourth-order valence-electron chi connectivity index (χ4n) is 2.69. The molecular weight excluding hydrogens is 251 g/mol. The van der Waals surface area contributed by atoms with E-state index in [1.54, 1.807) is 12.1 Å². The van der Waals surface area contributed by atoms with Gasteiger partial charge in [-0.3, -0.25) is 0 Å². The molecule has 0 spiro atoms. The summed E-state index contributed by atoms with van der Waals surface area (Å²) in [6.45, 7) is 0. The number of halogens is 1. The highest BCUT2D eigenvalue weighted by Crippen LogP contribution is 2.38. The van der Waals surface area contributed by atoms with Crippen molar-refractivity contribution >= 4 is 5.69 Å². The maximum Gasteiger partial charge on any atom is 0.123 e. The van der Waals surface area contributed by atoms with Gasteiger partial charge in [0.1, 0.15) is 11.9 Å². The molecule has 0 atom stereocenters. The lowest BCUT2D eigenvalue weighted by Crippen LogP contribution is -2.34. The molecule has 20 heavy (non-hydrogen) atoms. The summed E-state index contributed by atoms with van der Waals surface area (Å²) in [5, 5.41) is 12.4. The first-order valence-electron chi connectivity index (χ1n) is 6.77. The molecule has 100 valence electrons. The van der Waals surface area contributed by atoms with Crippen LogP contribution in [0.4, 0.5) is 10.1 Å². The Bertz CT molecular complexity index is 654. The molecule has 0 heterocycles. The fraction of sp³-hybridized carbons (Fsp3) is 0.235. The summed E-state index contributed by atoms with van der Waals surface area (Å²) >= 11 is 0. The van der Waals surface area contributed by atoms with Gasteiger partial charge in [0, 0.05) is 6.04 Å². The molecule has 0 aliphatic heterocycles. The van der Waals surface area contributed by atoms with Gasteiger partial charge in [0.15, 0.2) is 0 Å². The highest BCUT2D eigenvalue weighted by Gasteiger charge is 2.30. The molecule has 0 amide bonds. The topological polar surface area (TPSA) is 35.8 Å². The molecule has 2 nitrogen and oxygen atoms in total. The predicted molar refractivity (Wildman–Crippen MR) is 76.9 cm³/mol. The van der Waals surface area contributed by atoms with Gasteiger partial charge in [-0.05, 0) is 48.6 Å². The average Bonchev–Trinajstić information content (AvgIpc) is 2.42. The maximum atomic E-state index is 13.2. The number of nitrogens with one attached hydrogen (secondary N) is 1. The van der Waals surface area contributed by atoms with E-state index in [0.29, 0.717) is 17.5 Å². The van der Waals surface area contributed by atoms with Crippen LogP contribution in [0, 0.1) is 17.1 Å². The van der Waals surface area contributed by atoms with Crippen LogP contribution in [-0.4, -0.2) is 6.04 Å². The lowest BCUT2D eigenvalue weighted by atomic mass is 9.75. The highest BCUT2D eigenvalue weighted by atomic mass is 19.1. The Balaban J connectivity index is 1.63. The summed E-state index contributed by atoms with van der Waals surface area (Å²) in [6, 6.07) is 16.9. The molecule has 0 saturated heterocycles. The maximum absolute atomic E-state index is 13.2. The van der Waals surface area contributed by atoms with Gasteiger partial charge in [-0.25, -0.2) is 4.39 Å². The van der Waals surface area contributed by atoms with Crippen molar-refractivity contribution in [3.63, 3.8) is 0 Å². The van der Waals surface area contributed by atoms with Gasteiger partial charge in [0.25, 0.3) is 0 Å². The number of hydrogen-bond donors (Lipinski definition) is 1. The summed E-state index contributed by atoms with van der Waals surface area (Å²) in [7, 11) is 0. The number of hydrogen-bond acceptors (Lipinski definition) is 2. The van der Waals surface area contributed by atoms with E-state index >= 15 is 0 Å². The predicted octanol–water partition coefficient (Wildman–Crippen LogP) is 4.06. The van der Waals surface area contributed by atoms with Crippen LogP contribution in [0.1, 0.15) is 29.9 Å². The molecule has 0 aromatic heterocycles. The van der Waals surface area contributed by atoms with Crippen LogP contribution < -0.4 is 5.32 Å². The smallest absolute Gasteiger partial charge is 0.123 e. The van der Waals surface area contributed by atoms with Gasteiger partial charge >= 0.3 is 0 Å². The number of para-hydroxylation sites is 1. The quantitative estimate of drug-likeness (QED) is 0.909. The molecule has 1 aliphatic carbocycles. The van der Waals surface area contributed by atoms with Crippen molar-refractivity contribution in [1.82, 2.24) is 0 Å². The van der Waals surface area contributed by atoms with Crippen molar-refractivity contribution in [2.24, 2.45) is 0 Å². The number of rotatable bonds is 3. The lowest BCUT2D eigenvalue weighted by molar-refractivity contribution is 0.373. The lowest BCUT2D eigenvalue weighted by Gasteiger charge is -2.37. The average molecular weight is 266 g/mol. The summed E-state index contributed by atoms with van der Waals surface area (Å²) < 4.78 is 13.2. The van der Waals surface area contributed by atoms with Crippen LogP contribution in [0.25, 0.3) is 0 Å². The Hall–Kier alpha value is -2.34. The van der Waals surface area contributed by atoms with Crippen LogP contribution in [0.5, 0.6) is 0 Å². The minimum absolute atomic E-state index is 0.172. The largest absolute Gasteiger partial charge is 0.381 e. The first-order chi connectivity index (χ1) is 9.76. The minimum atomic E-state index is -0.172. The van der Waals surface area contributed by atoms with Crippen LogP contribution >= 0.6 is 0 Å². The van der Waals surface area contributed by atoms with E-state index in [1.807, 2.05) is 30.3 Å². The van der Waals surface area contributed by atoms with E-state index in [1.165, 1.54) is 6.07 Å². The molecule has 3 rings (SSSR count). The van der Waals surface area contributed by atoms with Crippen molar-refractivity contribution in [1.29, 1.82) is 5.26 Å². The first-order valence-corrected chi connectivity index (χ1v) is 6.77. The second-order valence-electron chi connectivity index (χ2n) is 5.22. The molecule has 0 unspecified atom stereocenters. The van der Waals surface area contributed by atoms with E-state index in [-0.39, 0.29) is 5.82 Å². The fourth-order valence-corrected chi connectivity index (χ4v) is 2.69. The first kappa shape index (κ1) is 12.7. The van der Waals surface area contributed by atoms with Crippen LogP contribution in [0.3, 0.4) is 0 Å². The van der Waals surface area contributed by atoms with Crippen molar-refractivity contribution in [2.45, 2.75) is 24.8 Å². The van der Waals surface area contributed by atoms with Gasteiger partial charge in [-0.1, -0.05) is 24.3 Å². The second-order valence-corrected chi connectivity index (χ2v) is 5.22. The molecule has 1 fully saturated rings. The van der Waals surface area contributed by atoms with Gasteiger partial charge in [0.2, 0.25) is 0 Å². The molecule has 0 radical (unpaired) electrons. The summed E-state index contributed by atoms with van der Waals surface area (Å²) in [6.07, 6.45) is 1.95. The Labute approximate surface area is 117 Å². The van der Waals surface area contributed by atoms with E-state index in [2.05, 4.69) is 11.4 Å². The molecule has 1 aliphatic rings. The molecule has 0 bridgehead atoms. The van der Waals surface area contributed by atoms with E-state index in [9.17, 15) is 4.39 Å². The third-order valence-corrected chi connectivity index (χ3v) is 3.87. The van der Waals surface area contributed by atoms with Gasteiger partial charge in [-0.2, -0.15) is 5.26 Å². The van der Waals surface area contributed by atoms with Crippen molar-refractivity contribution in [3.8, 4) is 6.07 Å². The molecular formula is C17H15FN2. The normalized spacial score (nSPS) is 20.8. The highest BCUT2D eigenvalue weighted by molar-refractivity contribution is 5.58. The van der Waals surface area contributed by atoms with Gasteiger partial charge in [0.05, 0.1) is 11.3 Å². The Morgan fingerprint density at radius 3 is 2.65 bits per heavy atom. The molecule has 1 N–H and O–H groups in total. The van der Waals surface area contributed by atoms with Gasteiger partial charge in [-0.15, -0.1) is 0 Å². The van der Waals surface area contributed by atoms with Crippen molar-refractivity contribution in [2.75, 3.05) is 5.32 Å². The van der Waals surface area contributed by atoms with Gasteiger partial charge < -0.3 is 5.32 Å². The van der Waals surface area contributed by atoms with E-state index < -0.39 is 0 Å². The van der Waals surface area contributed by atoms with Crippen LogP contribution in [0.2, 0.25) is 0 Å². The zero-order chi connectivity index (χ0) is 13.9. The van der Waals surface area contributed by atoms with E-state index in [4.69, 9.17) is 5.26 Å². The van der Waals surface area contributed by atoms with Crippen LogP contribution in [-0.2, 0) is 0 Å². The monoisotopic (exact) mass is 266 g/mol. The van der Waals surface area contributed by atoms with Crippen molar-refractivity contribution < 1.29 is 4.39 Å². The summed E-state index contributed by atoms with van der Waals surface area (Å²) in [5.74, 6) is 0.242. The Morgan fingerprint density at radius 2 is 1.90 bits per heavy atom. The number of benzene rings is 2.